The van der Waals surface area contributed by atoms with Gasteiger partial charge in [0.2, 0.25) is 0 Å². The average molecular weight is 154 g/mol. The molecule has 0 aromatic heterocycles. The van der Waals surface area contributed by atoms with Gasteiger partial charge in [0.25, 0.3) is 0 Å². The van der Waals surface area contributed by atoms with E-state index in [0.717, 1.165) is 5.57 Å². The zero-order valence-corrected chi connectivity index (χ0v) is 7.66. The number of hydrogen-bond donors (Lipinski definition) is 0. The highest BCUT2D eigenvalue weighted by Crippen LogP contribution is 2.12. The second-order valence-corrected chi connectivity index (χ2v) is 2.95. The van der Waals surface area contributed by atoms with Crippen LogP contribution in [0.25, 0.3) is 0 Å². The van der Waals surface area contributed by atoms with Crippen LogP contribution in [0.4, 0.5) is 0 Å². The summed E-state index contributed by atoms with van der Waals surface area (Å²) in [6, 6.07) is 0. The van der Waals surface area contributed by atoms with Gasteiger partial charge < -0.3 is 0 Å². The van der Waals surface area contributed by atoms with Crippen LogP contribution in [0, 0.1) is 0 Å². The third kappa shape index (κ3) is 4.45. The van der Waals surface area contributed by atoms with Crippen molar-refractivity contribution in [3.8, 4) is 0 Å². The summed E-state index contributed by atoms with van der Waals surface area (Å²) in [5.41, 5.74) is 1.09. The predicted molar refractivity (Wildman–Crippen MR) is 51.2 cm³/mol. The number of rotatable bonds is 3. The number of thioether (sulfide) groups is 1. The molecule has 0 atom stereocenters. The van der Waals surface area contributed by atoms with Gasteiger partial charge in [0.15, 0.2) is 0 Å². The minimum atomic E-state index is 1.09. The van der Waals surface area contributed by atoms with E-state index >= 15 is 0 Å². The number of allylic oxidation sites excluding steroid dienone is 4. The summed E-state index contributed by atoms with van der Waals surface area (Å²) in [4.78, 5) is 1.28. The Kier molecular flexibility index (Phi) is 5.13. The molecule has 0 heterocycles. The van der Waals surface area contributed by atoms with Crippen LogP contribution in [0.5, 0.6) is 0 Å². The Morgan fingerprint density at radius 1 is 1.40 bits per heavy atom. The summed E-state index contributed by atoms with van der Waals surface area (Å²) in [7, 11) is 0. The van der Waals surface area contributed by atoms with E-state index in [1.807, 2.05) is 19.9 Å². The minimum Gasteiger partial charge on any atom is -0.130 e. The van der Waals surface area contributed by atoms with E-state index in [0.29, 0.717) is 0 Å². The maximum Gasteiger partial charge on any atom is 0.00265 e. The first-order valence-corrected chi connectivity index (χ1v) is 4.47. The van der Waals surface area contributed by atoms with Crippen molar-refractivity contribution in [2.75, 3.05) is 6.26 Å². The highest BCUT2D eigenvalue weighted by atomic mass is 32.2. The van der Waals surface area contributed by atoms with Crippen LogP contribution in [-0.4, -0.2) is 6.26 Å². The fraction of sp³-hybridized carbons (Fsp3) is 0.333. The van der Waals surface area contributed by atoms with Crippen LogP contribution in [-0.2, 0) is 0 Å². The van der Waals surface area contributed by atoms with E-state index in [9.17, 15) is 0 Å². The van der Waals surface area contributed by atoms with Crippen LogP contribution in [0.15, 0.2) is 35.3 Å². The summed E-state index contributed by atoms with van der Waals surface area (Å²) < 4.78 is 0. The third-order valence-electron chi connectivity index (χ3n) is 1.05. The van der Waals surface area contributed by atoms with Crippen molar-refractivity contribution in [2.24, 2.45) is 0 Å². The van der Waals surface area contributed by atoms with Gasteiger partial charge in [-0.25, -0.2) is 0 Å². The summed E-state index contributed by atoms with van der Waals surface area (Å²) in [6.45, 7) is 7.80. The lowest BCUT2D eigenvalue weighted by Crippen LogP contribution is -1.67. The summed E-state index contributed by atoms with van der Waals surface area (Å²) in [5, 5.41) is 0. The van der Waals surface area contributed by atoms with Gasteiger partial charge >= 0.3 is 0 Å². The second-order valence-electron chi connectivity index (χ2n) is 2.07. The Balaban J connectivity index is 3.98. The molecule has 1 heteroatoms. The topological polar surface area (TPSA) is 0 Å². The Labute approximate surface area is 67.7 Å². The van der Waals surface area contributed by atoms with Crippen LogP contribution in [0.1, 0.15) is 13.8 Å². The maximum atomic E-state index is 3.77. The second kappa shape index (κ2) is 5.36. The van der Waals surface area contributed by atoms with Crippen LogP contribution < -0.4 is 0 Å². The zero-order chi connectivity index (χ0) is 7.98. The molecule has 0 unspecified atom stereocenters. The first-order valence-electron chi connectivity index (χ1n) is 3.24. The molecule has 56 valence electrons. The molecule has 0 bridgehead atoms. The molecule has 0 nitrogen and oxygen atoms in total. The molecule has 0 spiro atoms. The van der Waals surface area contributed by atoms with Crippen molar-refractivity contribution in [1.29, 1.82) is 0 Å². The van der Waals surface area contributed by atoms with E-state index in [-0.39, 0.29) is 0 Å². The molecule has 0 aliphatic carbocycles. The molecule has 0 aliphatic heterocycles. The standard InChI is InChI=1S/C9H14S/c1-5-9(10-4)7-6-8(2)3/h5-7H,2H2,1,3-4H3/b7-6-,9-5+. The minimum absolute atomic E-state index is 1.09. The van der Waals surface area contributed by atoms with Gasteiger partial charge in [-0.1, -0.05) is 24.3 Å². The first-order chi connectivity index (χ1) is 4.70. The molecule has 0 saturated heterocycles. The molecule has 0 fully saturated rings. The fourth-order valence-electron chi connectivity index (χ4n) is 0.507. The lowest BCUT2D eigenvalue weighted by Gasteiger charge is -1.92. The van der Waals surface area contributed by atoms with Crippen molar-refractivity contribution >= 4 is 11.8 Å². The van der Waals surface area contributed by atoms with Gasteiger partial charge in [-0.3, -0.25) is 0 Å². The van der Waals surface area contributed by atoms with Gasteiger partial charge in [0.05, 0.1) is 0 Å². The summed E-state index contributed by atoms with van der Waals surface area (Å²) in [5.74, 6) is 0. The third-order valence-corrected chi connectivity index (χ3v) is 1.90. The first kappa shape index (κ1) is 9.57. The lowest BCUT2D eigenvalue weighted by molar-refractivity contribution is 1.55. The van der Waals surface area contributed by atoms with E-state index in [4.69, 9.17) is 0 Å². The van der Waals surface area contributed by atoms with E-state index < -0.39 is 0 Å². The van der Waals surface area contributed by atoms with E-state index in [1.165, 1.54) is 4.91 Å². The van der Waals surface area contributed by atoms with Crippen LogP contribution >= 0.6 is 11.8 Å². The van der Waals surface area contributed by atoms with Crippen LogP contribution in [0.3, 0.4) is 0 Å². The Morgan fingerprint density at radius 3 is 2.30 bits per heavy atom. The smallest absolute Gasteiger partial charge is 0.00265 e. The fourth-order valence-corrected chi connectivity index (χ4v) is 0.946. The van der Waals surface area contributed by atoms with Crippen LogP contribution in [0.2, 0.25) is 0 Å². The maximum absolute atomic E-state index is 3.77. The normalized spacial score (nSPS) is 12.5. The lowest BCUT2D eigenvalue weighted by atomic mass is 10.3. The predicted octanol–water partition coefficient (Wildman–Crippen LogP) is 3.39. The largest absolute Gasteiger partial charge is 0.130 e. The molecular formula is C9H14S. The summed E-state index contributed by atoms with van der Waals surface area (Å²) >= 11 is 1.75. The highest BCUT2D eigenvalue weighted by Gasteiger charge is 1.83. The van der Waals surface area contributed by atoms with Gasteiger partial charge in [-0.2, -0.15) is 0 Å². The molecule has 0 amide bonds. The molecule has 0 aromatic rings. The van der Waals surface area contributed by atoms with Crippen molar-refractivity contribution < 1.29 is 0 Å². The Hall–Kier alpha value is -0.430. The van der Waals surface area contributed by atoms with E-state index in [1.54, 1.807) is 11.8 Å². The molecule has 0 aromatic carbocycles. The van der Waals surface area contributed by atoms with E-state index in [2.05, 4.69) is 25.0 Å². The molecule has 0 aliphatic rings. The Morgan fingerprint density at radius 2 is 2.00 bits per heavy atom. The monoisotopic (exact) mass is 154 g/mol. The molecule has 0 saturated carbocycles. The highest BCUT2D eigenvalue weighted by molar-refractivity contribution is 8.02. The SMILES string of the molecule is C=C(C)/C=C\C(=C/C)SC. The molecule has 0 rings (SSSR count). The van der Waals surface area contributed by atoms with Gasteiger partial charge in [0, 0.05) is 4.91 Å². The summed E-state index contributed by atoms with van der Waals surface area (Å²) in [6.07, 6.45) is 8.25. The van der Waals surface area contributed by atoms with Crippen molar-refractivity contribution in [1.82, 2.24) is 0 Å². The van der Waals surface area contributed by atoms with Gasteiger partial charge in [-0.05, 0) is 26.2 Å². The van der Waals surface area contributed by atoms with Gasteiger partial charge in [0.1, 0.15) is 0 Å². The Bertz CT molecular complexity index is 164. The molecular weight excluding hydrogens is 140 g/mol. The van der Waals surface area contributed by atoms with Crippen molar-refractivity contribution in [3.05, 3.63) is 35.3 Å². The van der Waals surface area contributed by atoms with Gasteiger partial charge in [-0.15, -0.1) is 11.8 Å². The number of hydrogen-bond acceptors (Lipinski definition) is 1. The van der Waals surface area contributed by atoms with Crippen molar-refractivity contribution in [3.63, 3.8) is 0 Å². The van der Waals surface area contributed by atoms with Crippen molar-refractivity contribution in [2.45, 2.75) is 13.8 Å². The molecule has 0 N–H and O–H groups in total. The quantitative estimate of drug-likeness (QED) is 0.561. The molecule has 10 heavy (non-hydrogen) atoms. The zero-order valence-electron chi connectivity index (χ0n) is 6.85. The average Bonchev–Trinajstić information content (AvgIpc) is 1.90. The molecule has 0 radical (unpaired) electrons.